The maximum Gasteiger partial charge on any atom is 0.126 e. The van der Waals surface area contributed by atoms with Gasteiger partial charge in [0.05, 0.1) is 21.8 Å². The highest BCUT2D eigenvalue weighted by atomic mass is 35.5. The van der Waals surface area contributed by atoms with Gasteiger partial charge in [-0.15, -0.1) is 11.3 Å². The van der Waals surface area contributed by atoms with Crippen molar-refractivity contribution in [3.63, 3.8) is 0 Å². The van der Waals surface area contributed by atoms with Crippen LogP contribution in [0.3, 0.4) is 0 Å². The van der Waals surface area contributed by atoms with Crippen LogP contribution in [-0.2, 0) is 0 Å². The molecule has 0 spiro atoms. The molecule has 1 aromatic carbocycles. The van der Waals surface area contributed by atoms with Crippen LogP contribution in [0.1, 0.15) is 17.8 Å². The predicted molar refractivity (Wildman–Crippen MR) is 72.8 cm³/mol. The van der Waals surface area contributed by atoms with Crippen LogP contribution in [0.25, 0.3) is 0 Å². The SMILES string of the molecule is CC(Nc1c(Cl)cc(F)cc1Cl)c1cccs1. The van der Waals surface area contributed by atoms with Gasteiger partial charge in [-0.1, -0.05) is 29.3 Å². The van der Waals surface area contributed by atoms with E-state index in [-0.39, 0.29) is 6.04 Å². The van der Waals surface area contributed by atoms with Gasteiger partial charge in [-0.3, -0.25) is 0 Å². The summed E-state index contributed by atoms with van der Waals surface area (Å²) in [6, 6.07) is 6.57. The van der Waals surface area contributed by atoms with Gasteiger partial charge >= 0.3 is 0 Å². The average Bonchev–Trinajstić information content (AvgIpc) is 2.76. The molecule has 0 bridgehead atoms. The Morgan fingerprint density at radius 3 is 2.47 bits per heavy atom. The molecule has 90 valence electrons. The summed E-state index contributed by atoms with van der Waals surface area (Å²) < 4.78 is 13.0. The zero-order valence-corrected chi connectivity index (χ0v) is 11.3. The molecule has 0 saturated carbocycles. The molecule has 1 heterocycles. The Hall–Kier alpha value is -0.770. The van der Waals surface area contributed by atoms with Crippen LogP contribution in [0.2, 0.25) is 10.0 Å². The number of hydrogen-bond donors (Lipinski definition) is 1. The van der Waals surface area contributed by atoms with Crippen molar-refractivity contribution in [3.8, 4) is 0 Å². The summed E-state index contributed by atoms with van der Waals surface area (Å²) in [5, 5.41) is 5.77. The quantitative estimate of drug-likeness (QED) is 0.801. The highest BCUT2D eigenvalue weighted by Crippen LogP contribution is 2.34. The van der Waals surface area contributed by atoms with Crippen molar-refractivity contribution >= 4 is 40.2 Å². The maximum absolute atomic E-state index is 13.0. The number of hydrogen-bond acceptors (Lipinski definition) is 2. The molecule has 1 nitrogen and oxygen atoms in total. The summed E-state index contributed by atoms with van der Waals surface area (Å²) in [4.78, 5) is 1.17. The zero-order chi connectivity index (χ0) is 12.4. The lowest BCUT2D eigenvalue weighted by atomic mass is 10.2. The largest absolute Gasteiger partial charge is 0.375 e. The fourth-order valence-electron chi connectivity index (χ4n) is 1.51. The first kappa shape index (κ1) is 12.7. The predicted octanol–water partition coefficient (Wildman–Crippen LogP) is 5.37. The van der Waals surface area contributed by atoms with Gasteiger partial charge < -0.3 is 5.32 Å². The lowest BCUT2D eigenvalue weighted by Gasteiger charge is -2.16. The summed E-state index contributed by atoms with van der Waals surface area (Å²) in [5.74, 6) is -0.436. The number of halogens is 3. The average molecular weight is 290 g/mol. The summed E-state index contributed by atoms with van der Waals surface area (Å²) in [5.41, 5.74) is 0.565. The van der Waals surface area contributed by atoms with Crippen molar-refractivity contribution in [2.24, 2.45) is 0 Å². The van der Waals surface area contributed by atoms with Crippen LogP contribution in [0.4, 0.5) is 10.1 Å². The minimum absolute atomic E-state index is 0.0791. The number of benzene rings is 1. The van der Waals surface area contributed by atoms with E-state index in [1.165, 1.54) is 17.0 Å². The first-order valence-electron chi connectivity index (χ1n) is 5.02. The number of nitrogens with one attached hydrogen (secondary N) is 1. The van der Waals surface area contributed by atoms with Gasteiger partial charge in [0.1, 0.15) is 5.82 Å². The Morgan fingerprint density at radius 2 is 1.94 bits per heavy atom. The molecule has 0 aliphatic heterocycles. The molecule has 2 rings (SSSR count). The van der Waals surface area contributed by atoms with E-state index < -0.39 is 5.82 Å². The third-order valence-corrected chi connectivity index (χ3v) is 3.99. The van der Waals surface area contributed by atoms with Crippen molar-refractivity contribution in [2.45, 2.75) is 13.0 Å². The van der Waals surface area contributed by atoms with Crippen LogP contribution >= 0.6 is 34.5 Å². The molecule has 0 fully saturated rings. The van der Waals surface area contributed by atoms with Gasteiger partial charge in [0.25, 0.3) is 0 Å². The maximum atomic E-state index is 13.0. The highest BCUT2D eigenvalue weighted by molar-refractivity contribution is 7.10. The van der Waals surface area contributed by atoms with Crippen molar-refractivity contribution in [1.82, 2.24) is 0 Å². The fraction of sp³-hybridized carbons (Fsp3) is 0.167. The van der Waals surface area contributed by atoms with E-state index in [4.69, 9.17) is 23.2 Å². The van der Waals surface area contributed by atoms with Crippen molar-refractivity contribution in [2.75, 3.05) is 5.32 Å². The monoisotopic (exact) mass is 289 g/mol. The Bertz CT molecular complexity index is 490. The fourth-order valence-corrected chi connectivity index (χ4v) is 2.81. The summed E-state index contributed by atoms with van der Waals surface area (Å²) >= 11 is 13.6. The molecule has 17 heavy (non-hydrogen) atoms. The van der Waals surface area contributed by atoms with Crippen LogP contribution < -0.4 is 5.32 Å². The Kier molecular flexibility index (Phi) is 3.92. The first-order valence-corrected chi connectivity index (χ1v) is 6.66. The van der Waals surface area contributed by atoms with Crippen LogP contribution in [0, 0.1) is 5.82 Å². The van der Waals surface area contributed by atoms with E-state index in [9.17, 15) is 4.39 Å². The van der Waals surface area contributed by atoms with E-state index >= 15 is 0 Å². The molecule has 1 unspecified atom stereocenters. The third-order valence-electron chi connectivity index (χ3n) is 2.34. The van der Waals surface area contributed by atoms with Gasteiger partial charge in [-0.2, -0.15) is 0 Å². The van der Waals surface area contributed by atoms with Crippen LogP contribution in [-0.4, -0.2) is 0 Å². The van der Waals surface area contributed by atoms with E-state index in [1.54, 1.807) is 11.3 Å². The van der Waals surface area contributed by atoms with Gasteiger partial charge in [-0.05, 0) is 30.5 Å². The molecule has 1 N–H and O–H groups in total. The first-order chi connectivity index (χ1) is 8.08. The number of thiophene rings is 1. The number of anilines is 1. The Balaban J connectivity index is 2.25. The van der Waals surface area contributed by atoms with Crippen molar-refractivity contribution in [1.29, 1.82) is 0 Å². The second-order valence-electron chi connectivity index (χ2n) is 3.63. The Morgan fingerprint density at radius 1 is 1.29 bits per heavy atom. The topological polar surface area (TPSA) is 12.0 Å². The number of rotatable bonds is 3. The lowest BCUT2D eigenvalue weighted by molar-refractivity contribution is 0.628. The van der Waals surface area contributed by atoms with E-state index in [1.807, 2.05) is 24.4 Å². The third kappa shape index (κ3) is 2.92. The molecule has 2 aromatic rings. The molecule has 5 heteroatoms. The smallest absolute Gasteiger partial charge is 0.126 e. The van der Waals surface area contributed by atoms with Crippen LogP contribution in [0.5, 0.6) is 0 Å². The van der Waals surface area contributed by atoms with Gasteiger partial charge in [0, 0.05) is 4.88 Å². The molecule has 1 aromatic heterocycles. The molecule has 0 radical (unpaired) electrons. The standard InChI is InChI=1S/C12H10Cl2FNS/c1-7(11-3-2-4-17-11)16-12-9(13)5-8(15)6-10(12)14/h2-7,16H,1H3. The molecule has 1 atom stereocenters. The van der Waals surface area contributed by atoms with Gasteiger partial charge in [0.2, 0.25) is 0 Å². The molecule has 0 saturated heterocycles. The normalized spacial score (nSPS) is 12.5. The van der Waals surface area contributed by atoms with E-state index in [0.29, 0.717) is 15.7 Å². The minimum Gasteiger partial charge on any atom is -0.375 e. The zero-order valence-electron chi connectivity index (χ0n) is 9.01. The lowest BCUT2D eigenvalue weighted by Crippen LogP contribution is -2.06. The second kappa shape index (κ2) is 5.25. The van der Waals surface area contributed by atoms with E-state index in [2.05, 4.69) is 5.32 Å². The van der Waals surface area contributed by atoms with Gasteiger partial charge in [0.15, 0.2) is 0 Å². The highest BCUT2D eigenvalue weighted by Gasteiger charge is 2.12. The van der Waals surface area contributed by atoms with Crippen molar-refractivity contribution in [3.05, 3.63) is 50.4 Å². The van der Waals surface area contributed by atoms with Crippen LogP contribution in [0.15, 0.2) is 29.6 Å². The molecular weight excluding hydrogens is 280 g/mol. The molecular formula is C12H10Cl2FNS. The Labute approximate surface area is 113 Å². The van der Waals surface area contributed by atoms with Gasteiger partial charge in [-0.25, -0.2) is 4.39 Å². The molecule has 0 aliphatic rings. The summed E-state index contributed by atoms with van der Waals surface area (Å²) in [7, 11) is 0. The minimum atomic E-state index is -0.436. The molecule has 0 amide bonds. The van der Waals surface area contributed by atoms with E-state index in [0.717, 1.165) is 0 Å². The summed E-state index contributed by atoms with van der Waals surface area (Å²) in [6.45, 7) is 2.00. The summed E-state index contributed by atoms with van der Waals surface area (Å²) in [6.07, 6.45) is 0. The second-order valence-corrected chi connectivity index (χ2v) is 5.42. The molecule has 0 aliphatic carbocycles. The van der Waals surface area contributed by atoms with Crippen molar-refractivity contribution < 1.29 is 4.39 Å².